The highest BCUT2D eigenvalue weighted by molar-refractivity contribution is 7.91. The summed E-state index contributed by atoms with van der Waals surface area (Å²) >= 11 is 5.83. The number of oxazole rings is 1. The number of benzene rings is 3. The van der Waals surface area contributed by atoms with Crippen molar-refractivity contribution in [1.82, 2.24) is 4.98 Å². The molecule has 0 aliphatic carbocycles. The van der Waals surface area contributed by atoms with E-state index in [1.54, 1.807) is 30.3 Å². The molecule has 0 aliphatic rings. The second-order valence-corrected chi connectivity index (χ2v) is 8.76. The van der Waals surface area contributed by atoms with Crippen LogP contribution >= 0.6 is 11.6 Å². The van der Waals surface area contributed by atoms with Crippen molar-refractivity contribution < 1.29 is 22.7 Å². The lowest BCUT2D eigenvalue weighted by Crippen LogP contribution is -2.01. The molecule has 0 radical (unpaired) electrons. The molecule has 0 saturated heterocycles. The zero-order chi connectivity index (χ0) is 20.6. The van der Waals surface area contributed by atoms with Crippen molar-refractivity contribution in [3.05, 3.63) is 77.3 Å². The summed E-state index contributed by atoms with van der Waals surface area (Å²) < 4.78 is 31.4. The van der Waals surface area contributed by atoms with Crippen LogP contribution < -0.4 is 0 Å². The SMILES string of the molecule is O=C(O)Cc1ccc(-c2nc3ccc(S(=O)(=O)c4ccc(Cl)cc4)cc3o2)cc1. The van der Waals surface area contributed by atoms with Crippen molar-refractivity contribution in [3.8, 4) is 11.5 Å². The molecular weight excluding hydrogens is 414 g/mol. The summed E-state index contributed by atoms with van der Waals surface area (Å²) in [5, 5.41) is 9.30. The molecule has 0 spiro atoms. The lowest BCUT2D eigenvalue weighted by atomic mass is 10.1. The molecule has 0 fully saturated rings. The number of aromatic nitrogens is 1. The van der Waals surface area contributed by atoms with Gasteiger partial charge in [0.25, 0.3) is 0 Å². The Kier molecular flexibility index (Phi) is 4.86. The Morgan fingerprint density at radius 2 is 1.62 bits per heavy atom. The summed E-state index contributed by atoms with van der Waals surface area (Å²) in [7, 11) is -3.72. The first-order valence-corrected chi connectivity index (χ1v) is 10.4. The van der Waals surface area contributed by atoms with E-state index in [-0.39, 0.29) is 16.2 Å². The van der Waals surface area contributed by atoms with Crippen molar-refractivity contribution in [1.29, 1.82) is 0 Å². The van der Waals surface area contributed by atoms with Gasteiger partial charge in [0.05, 0.1) is 16.2 Å². The fourth-order valence-electron chi connectivity index (χ4n) is 2.89. The zero-order valence-electron chi connectivity index (χ0n) is 14.9. The van der Waals surface area contributed by atoms with Gasteiger partial charge in [-0.1, -0.05) is 23.7 Å². The summed E-state index contributed by atoms with van der Waals surface area (Å²) in [6.45, 7) is 0. The van der Waals surface area contributed by atoms with Crippen LogP contribution in [0.2, 0.25) is 5.02 Å². The molecule has 1 N–H and O–H groups in total. The summed E-state index contributed by atoms with van der Waals surface area (Å²) in [4.78, 5) is 15.4. The number of fused-ring (bicyclic) bond motifs is 1. The maximum absolute atomic E-state index is 12.8. The van der Waals surface area contributed by atoms with Gasteiger partial charge in [-0.2, -0.15) is 0 Å². The van der Waals surface area contributed by atoms with Gasteiger partial charge in [0.15, 0.2) is 5.58 Å². The molecule has 0 saturated carbocycles. The van der Waals surface area contributed by atoms with E-state index in [0.29, 0.717) is 33.1 Å². The third kappa shape index (κ3) is 3.87. The molecule has 1 aromatic heterocycles. The standard InChI is InChI=1S/C21H14ClNO5S/c22-15-5-7-16(8-6-15)29(26,27)17-9-10-18-19(12-17)28-21(23-18)14-3-1-13(2-4-14)11-20(24)25/h1-10,12H,11H2,(H,24,25). The van der Waals surface area contributed by atoms with Crippen molar-refractivity contribution in [3.63, 3.8) is 0 Å². The van der Waals surface area contributed by atoms with Gasteiger partial charge in [-0.15, -0.1) is 0 Å². The molecule has 146 valence electrons. The number of nitrogens with zero attached hydrogens (tertiary/aromatic N) is 1. The highest BCUT2D eigenvalue weighted by atomic mass is 35.5. The van der Waals surface area contributed by atoms with Crippen LogP contribution in [0.4, 0.5) is 0 Å². The molecule has 6 nitrogen and oxygen atoms in total. The van der Waals surface area contributed by atoms with Crippen LogP contribution in [0, 0.1) is 0 Å². The van der Waals surface area contributed by atoms with Gasteiger partial charge in [-0.3, -0.25) is 4.79 Å². The van der Waals surface area contributed by atoms with E-state index in [9.17, 15) is 13.2 Å². The number of aliphatic carboxylic acids is 1. The maximum Gasteiger partial charge on any atom is 0.307 e. The lowest BCUT2D eigenvalue weighted by molar-refractivity contribution is -0.136. The molecular formula is C21H14ClNO5S. The average molecular weight is 428 g/mol. The minimum atomic E-state index is -3.72. The van der Waals surface area contributed by atoms with Crippen LogP contribution in [0.3, 0.4) is 0 Å². The number of carboxylic acid groups (broad SMARTS) is 1. The van der Waals surface area contributed by atoms with Crippen molar-refractivity contribution in [2.24, 2.45) is 0 Å². The molecule has 29 heavy (non-hydrogen) atoms. The second kappa shape index (κ2) is 7.35. The first kappa shape index (κ1) is 19.2. The number of hydrogen-bond donors (Lipinski definition) is 1. The smallest absolute Gasteiger partial charge is 0.307 e. The molecule has 8 heteroatoms. The van der Waals surface area contributed by atoms with E-state index in [1.807, 2.05) is 0 Å². The van der Waals surface area contributed by atoms with Crippen LogP contribution in [0.5, 0.6) is 0 Å². The van der Waals surface area contributed by atoms with E-state index in [4.69, 9.17) is 21.1 Å². The summed E-state index contributed by atoms with van der Waals surface area (Å²) in [6.07, 6.45) is -0.0697. The minimum absolute atomic E-state index is 0.0697. The van der Waals surface area contributed by atoms with E-state index in [1.165, 1.54) is 36.4 Å². The fourth-order valence-corrected chi connectivity index (χ4v) is 4.29. The zero-order valence-corrected chi connectivity index (χ0v) is 16.4. The maximum atomic E-state index is 12.8. The number of sulfone groups is 1. The number of carboxylic acids is 1. The van der Waals surface area contributed by atoms with Gasteiger partial charge < -0.3 is 9.52 Å². The first-order chi connectivity index (χ1) is 13.8. The molecule has 4 rings (SSSR count). The predicted octanol–water partition coefficient (Wildman–Crippen LogP) is 4.61. The number of halogens is 1. The molecule has 0 amide bonds. The number of hydrogen-bond acceptors (Lipinski definition) is 5. The van der Waals surface area contributed by atoms with E-state index in [2.05, 4.69) is 4.98 Å². The Hall–Kier alpha value is -3.16. The quantitative estimate of drug-likeness (QED) is 0.499. The topological polar surface area (TPSA) is 97.5 Å². The second-order valence-electron chi connectivity index (χ2n) is 6.37. The third-order valence-corrected chi connectivity index (χ3v) is 6.37. The minimum Gasteiger partial charge on any atom is -0.481 e. The van der Waals surface area contributed by atoms with Gasteiger partial charge >= 0.3 is 5.97 Å². The highest BCUT2D eigenvalue weighted by Crippen LogP contribution is 2.29. The van der Waals surface area contributed by atoms with Crippen LogP contribution in [0.15, 0.2) is 80.9 Å². The third-order valence-electron chi connectivity index (χ3n) is 4.35. The first-order valence-electron chi connectivity index (χ1n) is 8.55. The largest absolute Gasteiger partial charge is 0.481 e. The fraction of sp³-hybridized carbons (Fsp3) is 0.0476. The van der Waals surface area contributed by atoms with Gasteiger partial charge in [0, 0.05) is 16.7 Å². The molecule has 0 atom stereocenters. The Labute approximate surface area is 171 Å². The summed E-state index contributed by atoms with van der Waals surface area (Å²) in [5.41, 5.74) is 2.18. The Balaban J connectivity index is 1.69. The van der Waals surface area contributed by atoms with E-state index in [0.717, 1.165) is 0 Å². The average Bonchev–Trinajstić information content (AvgIpc) is 3.12. The molecule has 1 heterocycles. The number of rotatable bonds is 5. The Morgan fingerprint density at radius 3 is 2.28 bits per heavy atom. The predicted molar refractivity (Wildman–Crippen MR) is 108 cm³/mol. The van der Waals surface area contributed by atoms with Crippen LogP contribution in [0.25, 0.3) is 22.6 Å². The summed E-state index contributed by atoms with van der Waals surface area (Å²) in [5.74, 6) is -0.586. The van der Waals surface area contributed by atoms with Gasteiger partial charge in [0.2, 0.25) is 15.7 Å². The molecule has 0 aliphatic heterocycles. The van der Waals surface area contributed by atoms with E-state index >= 15 is 0 Å². The van der Waals surface area contributed by atoms with Gasteiger partial charge in [-0.05, 0) is 54.1 Å². The molecule has 3 aromatic carbocycles. The van der Waals surface area contributed by atoms with E-state index < -0.39 is 15.8 Å². The van der Waals surface area contributed by atoms with Crippen molar-refractivity contribution in [2.45, 2.75) is 16.2 Å². The monoisotopic (exact) mass is 427 g/mol. The van der Waals surface area contributed by atoms with Gasteiger partial charge in [0.1, 0.15) is 5.52 Å². The summed E-state index contributed by atoms with van der Waals surface area (Å²) in [6, 6.07) is 17.3. The van der Waals surface area contributed by atoms with Gasteiger partial charge in [-0.25, -0.2) is 13.4 Å². The van der Waals surface area contributed by atoms with Crippen LogP contribution in [0.1, 0.15) is 5.56 Å². The highest BCUT2D eigenvalue weighted by Gasteiger charge is 2.19. The van der Waals surface area contributed by atoms with Crippen molar-refractivity contribution in [2.75, 3.05) is 0 Å². The number of carbonyl (C=O) groups is 1. The molecule has 0 bridgehead atoms. The Morgan fingerprint density at radius 1 is 0.966 bits per heavy atom. The molecule has 4 aromatic rings. The molecule has 0 unspecified atom stereocenters. The van der Waals surface area contributed by atoms with Crippen molar-refractivity contribution >= 4 is 38.5 Å². The van der Waals surface area contributed by atoms with Crippen LogP contribution in [-0.4, -0.2) is 24.5 Å². The van der Waals surface area contributed by atoms with Crippen LogP contribution in [-0.2, 0) is 21.1 Å². The Bertz CT molecular complexity index is 1310. The normalized spacial score (nSPS) is 11.6. The lowest BCUT2D eigenvalue weighted by Gasteiger charge is -2.04.